The first-order valence-corrected chi connectivity index (χ1v) is 10.1. The van der Waals surface area contributed by atoms with Crippen molar-refractivity contribution in [3.63, 3.8) is 0 Å². The number of nitrogens with zero attached hydrogens (tertiary/aromatic N) is 2. The highest BCUT2D eigenvalue weighted by molar-refractivity contribution is 8.00. The molecule has 21 heavy (non-hydrogen) atoms. The molecule has 0 aromatic heterocycles. The molecule has 2 fully saturated rings. The van der Waals surface area contributed by atoms with Crippen LogP contribution in [0.3, 0.4) is 0 Å². The third kappa shape index (κ3) is 5.32. The molecule has 0 aromatic rings. The summed E-state index contributed by atoms with van der Waals surface area (Å²) < 4.78 is 22.1. The van der Waals surface area contributed by atoms with Crippen molar-refractivity contribution in [3.05, 3.63) is 0 Å². The summed E-state index contributed by atoms with van der Waals surface area (Å²) in [5.74, 6) is -0.0323. The zero-order chi connectivity index (χ0) is 15.5. The second-order valence-corrected chi connectivity index (χ2v) is 8.75. The van der Waals surface area contributed by atoms with E-state index in [0.29, 0.717) is 32.7 Å². The molecule has 3 N–H and O–H groups in total. The van der Waals surface area contributed by atoms with Gasteiger partial charge >= 0.3 is 6.03 Å². The van der Waals surface area contributed by atoms with Crippen molar-refractivity contribution >= 4 is 27.8 Å². The van der Waals surface area contributed by atoms with Crippen molar-refractivity contribution in [3.8, 4) is 0 Å². The summed E-state index contributed by atoms with van der Waals surface area (Å²) in [5, 5.41) is 8.01. The number of hydrogen-bond acceptors (Lipinski definition) is 5. The smallest absolute Gasteiger partial charge is 0.317 e. The van der Waals surface area contributed by atoms with Gasteiger partial charge in [-0.3, -0.25) is 4.90 Å². The summed E-state index contributed by atoms with van der Waals surface area (Å²) >= 11 is 1.83. The molecule has 122 valence electrons. The van der Waals surface area contributed by atoms with Gasteiger partial charge in [0.15, 0.2) is 0 Å². The van der Waals surface area contributed by atoms with Crippen molar-refractivity contribution in [2.45, 2.75) is 17.6 Å². The first-order valence-electron chi connectivity index (χ1n) is 7.14. The van der Waals surface area contributed by atoms with Gasteiger partial charge < -0.3 is 10.2 Å². The van der Waals surface area contributed by atoms with Crippen LogP contribution in [0.15, 0.2) is 0 Å². The third-order valence-corrected chi connectivity index (χ3v) is 6.32. The lowest BCUT2D eigenvalue weighted by Crippen LogP contribution is -2.53. The topological polar surface area (TPSA) is 95.7 Å². The van der Waals surface area contributed by atoms with Gasteiger partial charge in [-0.1, -0.05) is 0 Å². The average molecular weight is 336 g/mol. The lowest BCUT2D eigenvalue weighted by atomic mass is 10.3. The molecular weight excluding hydrogens is 312 g/mol. The molecule has 1 saturated carbocycles. The van der Waals surface area contributed by atoms with Crippen molar-refractivity contribution in [1.82, 2.24) is 15.1 Å². The minimum absolute atomic E-state index is 0.0126. The Bertz CT molecular complexity index is 471. The molecule has 0 bridgehead atoms. The highest BCUT2D eigenvalue weighted by Crippen LogP contribution is 2.46. The molecule has 7 nitrogen and oxygen atoms in total. The first-order chi connectivity index (χ1) is 9.84. The van der Waals surface area contributed by atoms with Gasteiger partial charge in [-0.05, 0) is 19.1 Å². The molecule has 2 amide bonds. The van der Waals surface area contributed by atoms with E-state index < -0.39 is 10.0 Å². The fraction of sp³-hybridized carbons (Fsp3) is 0.917. The Hall–Kier alpha value is -0.510. The number of carbonyl (C=O) groups is 1. The maximum absolute atomic E-state index is 12.1. The molecule has 0 atom stereocenters. The van der Waals surface area contributed by atoms with E-state index in [1.54, 1.807) is 4.90 Å². The summed E-state index contributed by atoms with van der Waals surface area (Å²) in [5.41, 5.74) is 0. The normalized spacial score (nSPS) is 22.1. The van der Waals surface area contributed by atoms with Crippen LogP contribution in [0, 0.1) is 0 Å². The Morgan fingerprint density at radius 3 is 2.38 bits per heavy atom. The van der Waals surface area contributed by atoms with Crippen LogP contribution >= 0.6 is 11.8 Å². The molecule has 1 saturated heterocycles. The van der Waals surface area contributed by atoms with Gasteiger partial charge in [0.25, 0.3) is 0 Å². The Morgan fingerprint density at radius 2 is 1.90 bits per heavy atom. The van der Waals surface area contributed by atoms with Crippen molar-refractivity contribution in [1.29, 1.82) is 0 Å². The van der Waals surface area contributed by atoms with Crippen LogP contribution in [0.4, 0.5) is 4.79 Å². The molecule has 9 heteroatoms. The number of nitrogens with two attached hydrogens (primary N) is 1. The molecule has 1 heterocycles. The van der Waals surface area contributed by atoms with Crippen molar-refractivity contribution in [2.75, 3.05) is 51.3 Å². The summed E-state index contributed by atoms with van der Waals surface area (Å²) in [6, 6.07) is -0.0126. The van der Waals surface area contributed by atoms with Gasteiger partial charge in [-0.2, -0.15) is 11.8 Å². The summed E-state index contributed by atoms with van der Waals surface area (Å²) in [4.78, 5) is 15.9. The molecule has 0 spiro atoms. The Morgan fingerprint density at radius 1 is 1.29 bits per heavy atom. The van der Waals surface area contributed by atoms with Crippen molar-refractivity contribution in [2.24, 2.45) is 5.14 Å². The maximum Gasteiger partial charge on any atom is 0.317 e. The molecular formula is C12H24N4O3S2. The van der Waals surface area contributed by atoms with E-state index in [1.807, 2.05) is 16.7 Å². The molecule has 2 aliphatic rings. The number of thioether (sulfide) groups is 1. The van der Waals surface area contributed by atoms with Crippen LogP contribution in [0.2, 0.25) is 0 Å². The largest absolute Gasteiger partial charge is 0.337 e. The van der Waals surface area contributed by atoms with E-state index in [1.165, 1.54) is 12.8 Å². The summed E-state index contributed by atoms with van der Waals surface area (Å²) in [6.07, 6.45) is 4.44. The van der Waals surface area contributed by atoms with Crippen LogP contribution in [0.5, 0.6) is 0 Å². The molecule has 2 rings (SSSR count). The van der Waals surface area contributed by atoms with Gasteiger partial charge in [0, 0.05) is 44.0 Å². The lowest BCUT2D eigenvalue weighted by molar-refractivity contribution is 0.143. The number of primary sulfonamides is 1. The monoisotopic (exact) mass is 336 g/mol. The van der Waals surface area contributed by atoms with E-state index in [-0.39, 0.29) is 16.5 Å². The average Bonchev–Trinajstić information content (AvgIpc) is 3.23. The van der Waals surface area contributed by atoms with Crippen molar-refractivity contribution < 1.29 is 13.2 Å². The minimum atomic E-state index is -3.41. The number of urea groups is 1. The van der Waals surface area contributed by atoms with Gasteiger partial charge in [0.1, 0.15) is 0 Å². The fourth-order valence-corrected chi connectivity index (χ4v) is 3.61. The highest BCUT2D eigenvalue weighted by Gasteiger charge is 2.42. The standard InChI is InChI=1S/C12H24N4O3S2/c1-20-12(2-3-12)10-14-11(17)16-6-4-15(5-7-16)8-9-21(13,18)19/h2-10H2,1H3,(H,14,17)(H2,13,18,19). The number of rotatable bonds is 6. The predicted octanol–water partition coefficient (Wildman–Crippen LogP) is -0.502. The van der Waals surface area contributed by atoms with E-state index in [2.05, 4.69) is 11.6 Å². The van der Waals surface area contributed by atoms with Crippen LogP contribution in [-0.4, -0.2) is 80.3 Å². The summed E-state index contributed by atoms with van der Waals surface area (Å²) in [6.45, 7) is 3.81. The first kappa shape index (κ1) is 16.9. The van der Waals surface area contributed by atoms with Gasteiger partial charge in [-0.15, -0.1) is 0 Å². The number of sulfonamides is 1. The van der Waals surface area contributed by atoms with Gasteiger partial charge in [0.2, 0.25) is 10.0 Å². The zero-order valence-corrected chi connectivity index (χ0v) is 14.0. The fourth-order valence-electron chi connectivity index (χ4n) is 2.37. The lowest BCUT2D eigenvalue weighted by Gasteiger charge is -2.34. The Labute approximate surface area is 130 Å². The molecule has 0 unspecified atom stereocenters. The Kier molecular flexibility index (Phi) is 5.39. The SMILES string of the molecule is CSC1(CNC(=O)N2CCN(CCS(N)(=O)=O)CC2)CC1. The van der Waals surface area contributed by atoms with Crippen LogP contribution in [0.1, 0.15) is 12.8 Å². The van der Waals surface area contributed by atoms with E-state index in [4.69, 9.17) is 5.14 Å². The van der Waals surface area contributed by atoms with Gasteiger partial charge in [-0.25, -0.2) is 18.4 Å². The molecule has 1 aliphatic heterocycles. The van der Waals surface area contributed by atoms with Crippen LogP contribution < -0.4 is 10.5 Å². The van der Waals surface area contributed by atoms with E-state index in [9.17, 15) is 13.2 Å². The second kappa shape index (κ2) is 6.72. The number of hydrogen-bond donors (Lipinski definition) is 2. The number of nitrogens with one attached hydrogen (secondary N) is 1. The molecule has 0 aromatic carbocycles. The van der Waals surface area contributed by atoms with Crippen LogP contribution in [0.25, 0.3) is 0 Å². The number of amides is 2. The molecule has 0 radical (unpaired) electrons. The van der Waals surface area contributed by atoms with E-state index in [0.717, 1.165) is 6.54 Å². The summed E-state index contributed by atoms with van der Waals surface area (Å²) in [7, 11) is -3.41. The highest BCUT2D eigenvalue weighted by atomic mass is 32.2. The maximum atomic E-state index is 12.1. The number of piperazine rings is 1. The zero-order valence-electron chi connectivity index (χ0n) is 12.4. The number of carbonyl (C=O) groups excluding carboxylic acids is 1. The quantitative estimate of drug-likeness (QED) is 0.682. The van der Waals surface area contributed by atoms with E-state index >= 15 is 0 Å². The Balaban J connectivity index is 1.67. The third-order valence-electron chi connectivity index (χ3n) is 4.15. The molecule has 1 aliphatic carbocycles. The minimum Gasteiger partial charge on any atom is -0.337 e. The van der Waals surface area contributed by atoms with Gasteiger partial charge in [0.05, 0.1) is 5.75 Å². The van der Waals surface area contributed by atoms with Crippen LogP contribution in [-0.2, 0) is 10.0 Å². The predicted molar refractivity (Wildman–Crippen MR) is 84.9 cm³/mol. The second-order valence-electron chi connectivity index (χ2n) is 5.74.